The predicted octanol–water partition coefficient (Wildman–Crippen LogP) is 3.54. The molecular formula is C35H47F4N7O5. The summed E-state index contributed by atoms with van der Waals surface area (Å²) >= 11 is 0. The number of amides is 4. The quantitative estimate of drug-likeness (QED) is 0.254. The van der Waals surface area contributed by atoms with Crippen molar-refractivity contribution in [1.82, 2.24) is 30.2 Å². The number of halogens is 4. The molecule has 1 aromatic heterocycles. The van der Waals surface area contributed by atoms with Crippen molar-refractivity contribution in [2.24, 2.45) is 17.8 Å². The minimum Gasteiger partial charge on any atom is -0.372 e. The van der Waals surface area contributed by atoms with Crippen molar-refractivity contribution in [3.05, 3.63) is 47.5 Å². The van der Waals surface area contributed by atoms with E-state index in [1.54, 1.807) is 0 Å². The number of hydrogen-bond donors (Lipinski definition) is 3. The zero-order valence-corrected chi connectivity index (χ0v) is 29.5. The molecule has 280 valence electrons. The monoisotopic (exact) mass is 721 g/mol. The molecule has 0 spiro atoms. The van der Waals surface area contributed by atoms with Crippen molar-refractivity contribution in [3.8, 4) is 0 Å². The van der Waals surface area contributed by atoms with Gasteiger partial charge in [-0.25, -0.2) is 4.39 Å². The molecule has 16 heteroatoms. The molecule has 3 fully saturated rings. The van der Waals surface area contributed by atoms with Gasteiger partial charge in [0.25, 0.3) is 5.91 Å². The van der Waals surface area contributed by atoms with Gasteiger partial charge in [-0.15, -0.1) is 0 Å². The summed E-state index contributed by atoms with van der Waals surface area (Å²) in [5.41, 5.74) is -0.743. The number of likely N-dealkylation sites (N-methyl/N-ethyl adjacent to an activating group) is 1. The van der Waals surface area contributed by atoms with Crippen molar-refractivity contribution >= 4 is 29.3 Å². The van der Waals surface area contributed by atoms with E-state index in [9.17, 15) is 32.3 Å². The highest BCUT2D eigenvalue weighted by atomic mass is 19.4. The number of nitrogens with one attached hydrogen (secondary N) is 3. The highest BCUT2D eigenvalue weighted by Gasteiger charge is 2.51. The van der Waals surface area contributed by atoms with Crippen LogP contribution in [0, 0.1) is 23.6 Å². The number of hydrogen-bond acceptors (Lipinski definition) is 7. The number of carbonyl (C=O) groups is 4. The average Bonchev–Trinajstić information content (AvgIpc) is 4.04. The first kappa shape index (κ1) is 38.2. The molecule has 2 aliphatic carbocycles. The number of aromatic nitrogens is 2. The molecule has 1 aromatic carbocycles. The Morgan fingerprint density at radius 2 is 1.67 bits per heavy atom. The molecule has 1 aliphatic heterocycles. The number of nitrogens with zero attached hydrogens (tertiary/aromatic N) is 4. The van der Waals surface area contributed by atoms with E-state index in [-0.39, 0.29) is 48.3 Å². The second kappa shape index (κ2) is 15.7. The summed E-state index contributed by atoms with van der Waals surface area (Å²) in [7, 11) is 3.05. The van der Waals surface area contributed by atoms with Crippen molar-refractivity contribution < 1.29 is 41.5 Å². The SMILES string of the molecule is CCn1nccc1C(=O)N[C@H](C(=O)Nc1ccc([C@@H]([C@H](NC(=O)[C@H](C)OC)C(=O)N2CCN(C)[C@H](C)C2)C(F)(F)F)cc1F)C(C1CC1)C1CC1. The average molecular weight is 722 g/mol. The van der Waals surface area contributed by atoms with Crippen LogP contribution in [0.1, 0.15) is 68.4 Å². The van der Waals surface area contributed by atoms with Gasteiger partial charge in [0.15, 0.2) is 0 Å². The smallest absolute Gasteiger partial charge is 0.372 e. The molecule has 3 N–H and O–H groups in total. The van der Waals surface area contributed by atoms with Gasteiger partial charge in [0.05, 0.1) is 5.69 Å². The number of benzene rings is 1. The van der Waals surface area contributed by atoms with Crippen LogP contribution >= 0.6 is 0 Å². The maximum atomic E-state index is 15.8. The Bertz CT molecular complexity index is 1580. The summed E-state index contributed by atoms with van der Waals surface area (Å²) in [5, 5.41) is 11.7. The Hall–Kier alpha value is -4.05. The third-order valence-electron chi connectivity index (χ3n) is 10.4. The Morgan fingerprint density at radius 3 is 2.22 bits per heavy atom. The third kappa shape index (κ3) is 8.88. The van der Waals surface area contributed by atoms with Gasteiger partial charge in [0.2, 0.25) is 17.7 Å². The Balaban J connectivity index is 1.43. The maximum Gasteiger partial charge on any atom is 0.398 e. The second-order valence-electron chi connectivity index (χ2n) is 14.0. The van der Waals surface area contributed by atoms with Crippen LogP contribution in [-0.4, -0.2) is 107 Å². The van der Waals surface area contributed by atoms with E-state index < -0.39 is 65.3 Å². The van der Waals surface area contributed by atoms with E-state index in [0.717, 1.165) is 37.8 Å². The molecule has 4 amide bonds. The highest BCUT2D eigenvalue weighted by Crippen LogP contribution is 2.51. The summed E-state index contributed by atoms with van der Waals surface area (Å²) in [6, 6.07) is 0.859. The second-order valence-corrected chi connectivity index (χ2v) is 14.0. The zero-order valence-electron chi connectivity index (χ0n) is 29.5. The summed E-state index contributed by atoms with van der Waals surface area (Å²) in [4.78, 5) is 57.0. The number of alkyl halides is 3. The zero-order chi connectivity index (χ0) is 37.2. The van der Waals surface area contributed by atoms with Crippen LogP contribution in [0.15, 0.2) is 30.5 Å². The van der Waals surface area contributed by atoms with Crippen LogP contribution < -0.4 is 16.0 Å². The fourth-order valence-corrected chi connectivity index (χ4v) is 6.94. The molecule has 0 bridgehead atoms. The molecule has 2 saturated carbocycles. The fourth-order valence-electron chi connectivity index (χ4n) is 6.94. The number of carbonyl (C=O) groups excluding carboxylic acids is 4. The molecule has 0 unspecified atom stereocenters. The molecule has 0 radical (unpaired) electrons. The van der Waals surface area contributed by atoms with Gasteiger partial charge in [0, 0.05) is 45.5 Å². The lowest BCUT2D eigenvalue weighted by molar-refractivity contribution is -0.169. The molecule has 3 aliphatic rings. The first-order valence-corrected chi connectivity index (χ1v) is 17.5. The van der Waals surface area contributed by atoms with Gasteiger partial charge in [-0.3, -0.25) is 23.9 Å². The van der Waals surface area contributed by atoms with Gasteiger partial charge >= 0.3 is 6.18 Å². The van der Waals surface area contributed by atoms with Crippen molar-refractivity contribution in [2.45, 2.75) is 89.3 Å². The van der Waals surface area contributed by atoms with E-state index in [1.165, 1.54) is 35.9 Å². The van der Waals surface area contributed by atoms with Crippen molar-refractivity contribution in [1.29, 1.82) is 0 Å². The number of piperazine rings is 1. The molecular weight excluding hydrogens is 674 g/mol. The summed E-state index contributed by atoms with van der Waals surface area (Å²) in [6.07, 6.45) is -1.22. The van der Waals surface area contributed by atoms with E-state index in [1.807, 2.05) is 25.8 Å². The number of aryl methyl sites for hydroxylation is 1. The number of anilines is 1. The van der Waals surface area contributed by atoms with Gasteiger partial charge in [0.1, 0.15) is 35.6 Å². The molecule has 2 heterocycles. The first-order valence-electron chi connectivity index (χ1n) is 17.5. The van der Waals surface area contributed by atoms with E-state index >= 15 is 4.39 Å². The van der Waals surface area contributed by atoms with Crippen LogP contribution in [0.25, 0.3) is 0 Å². The minimum absolute atomic E-state index is 0.132. The van der Waals surface area contributed by atoms with Gasteiger partial charge < -0.3 is 30.5 Å². The number of methoxy groups -OCH3 is 1. The lowest BCUT2D eigenvalue weighted by atomic mass is 9.88. The Morgan fingerprint density at radius 1 is 1.00 bits per heavy atom. The molecule has 51 heavy (non-hydrogen) atoms. The van der Waals surface area contributed by atoms with Crippen LogP contribution in [0.5, 0.6) is 0 Å². The number of rotatable bonds is 14. The molecule has 1 saturated heterocycles. The number of ether oxygens (including phenoxy) is 1. The van der Waals surface area contributed by atoms with Gasteiger partial charge in [-0.1, -0.05) is 6.07 Å². The molecule has 12 nitrogen and oxygen atoms in total. The fraction of sp³-hybridized carbons (Fsp3) is 0.629. The summed E-state index contributed by atoms with van der Waals surface area (Å²) < 4.78 is 67.1. The predicted molar refractivity (Wildman–Crippen MR) is 179 cm³/mol. The molecule has 5 rings (SSSR count). The van der Waals surface area contributed by atoms with Crippen LogP contribution in [-0.2, 0) is 25.7 Å². The van der Waals surface area contributed by atoms with Gasteiger partial charge in [-0.2, -0.15) is 18.3 Å². The van der Waals surface area contributed by atoms with E-state index in [4.69, 9.17) is 4.74 Å². The van der Waals surface area contributed by atoms with E-state index in [2.05, 4.69) is 21.0 Å². The van der Waals surface area contributed by atoms with Crippen LogP contribution in [0.3, 0.4) is 0 Å². The van der Waals surface area contributed by atoms with E-state index in [0.29, 0.717) is 19.2 Å². The Labute approximate surface area is 294 Å². The summed E-state index contributed by atoms with van der Waals surface area (Å²) in [5.74, 6) is -6.67. The van der Waals surface area contributed by atoms with Crippen molar-refractivity contribution in [3.63, 3.8) is 0 Å². The van der Waals surface area contributed by atoms with Crippen LogP contribution in [0.4, 0.5) is 23.2 Å². The third-order valence-corrected chi connectivity index (χ3v) is 10.4. The topological polar surface area (TPSA) is 138 Å². The molecule has 2 aromatic rings. The lowest BCUT2D eigenvalue weighted by Crippen LogP contribution is -2.60. The van der Waals surface area contributed by atoms with Gasteiger partial charge in [-0.05, 0) is 95.0 Å². The van der Waals surface area contributed by atoms with Crippen molar-refractivity contribution in [2.75, 3.05) is 39.1 Å². The first-order chi connectivity index (χ1) is 24.1. The summed E-state index contributed by atoms with van der Waals surface area (Å²) in [6.45, 7) is 6.09. The lowest BCUT2D eigenvalue weighted by Gasteiger charge is -2.40. The minimum atomic E-state index is -5.10. The highest BCUT2D eigenvalue weighted by molar-refractivity contribution is 6.01. The Kier molecular flexibility index (Phi) is 11.7. The largest absolute Gasteiger partial charge is 0.398 e. The van der Waals surface area contributed by atoms with Crippen LogP contribution in [0.2, 0.25) is 0 Å². The maximum absolute atomic E-state index is 15.8. The molecule has 5 atom stereocenters. The standard InChI is InChI=1S/C35H47F4N7O5/c1-6-46-26(13-14-40-46)32(48)42-29(27(21-7-8-21)22-9-10-22)33(49)41-25-12-11-23(17-24(25)36)28(35(37,38)39)30(43-31(47)20(3)51-5)34(50)45-16-15-44(4)19(2)18-45/h11-14,17,19-22,27-30H,6-10,15-16,18H2,1-5H3,(H,41,49)(H,42,48)(H,43,47)/t19-,20+,28+,29+,30+/m1/s1. The normalized spacial score (nSPS) is 20.7.